The predicted octanol–water partition coefficient (Wildman–Crippen LogP) is 4.35. The maximum absolute atomic E-state index is 13.0. The first-order valence-electron chi connectivity index (χ1n) is 8.54. The van der Waals surface area contributed by atoms with Crippen LogP contribution < -0.4 is 0 Å². The second-order valence-corrected chi connectivity index (χ2v) is 7.22. The molecule has 4 nitrogen and oxygen atoms in total. The average molecular weight is 370 g/mol. The van der Waals surface area contributed by atoms with E-state index in [1.165, 1.54) is 23.5 Å². The molecule has 1 atom stereocenters. The Morgan fingerprint density at radius 1 is 1.38 bits per heavy atom. The van der Waals surface area contributed by atoms with Crippen molar-refractivity contribution < 1.29 is 9.18 Å². The van der Waals surface area contributed by atoms with E-state index in [1.54, 1.807) is 17.0 Å². The van der Waals surface area contributed by atoms with Crippen molar-refractivity contribution in [3.05, 3.63) is 61.9 Å². The molecule has 6 heteroatoms. The maximum Gasteiger partial charge on any atom is 0.255 e. The minimum Gasteiger partial charge on any atom is -0.327 e. The molecule has 2 aromatic rings. The van der Waals surface area contributed by atoms with Crippen molar-refractivity contribution >= 4 is 17.2 Å². The molecule has 1 aliphatic carbocycles. The van der Waals surface area contributed by atoms with Gasteiger partial charge in [-0.2, -0.15) is 4.91 Å². The molecule has 26 heavy (non-hydrogen) atoms. The summed E-state index contributed by atoms with van der Waals surface area (Å²) in [5, 5.41) is 5.02. The number of terminal acetylenes is 1. The highest BCUT2D eigenvalue weighted by molar-refractivity contribution is 7.10. The number of halogens is 1. The standard InChI is InChI=1S/C20H19FN2O2S/c1-2-11-23(12-10-14-6-8-15(21)9-7-14)20(24)17-13-26-19-16(17)4-3-5-18(19)22-25/h1,6-9,13,18H,3-5,10-12H2. The minimum atomic E-state index is -0.342. The molecule has 1 heterocycles. The highest BCUT2D eigenvalue weighted by atomic mass is 32.1. The zero-order valence-corrected chi connectivity index (χ0v) is 15.1. The first-order valence-corrected chi connectivity index (χ1v) is 9.42. The molecule has 0 radical (unpaired) electrons. The van der Waals surface area contributed by atoms with E-state index in [0.29, 0.717) is 18.5 Å². The topological polar surface area (TPSA) is 49.7 Å². The van der Waals surface area contributed by atoms with Gasteiger partial charge in [-0.25, -0.2) is 4.39 Å². The van der Waals surface area contributed by atoms with Crippen LogP contribution in [0, 0.1) is 23.1 Å². The van der Waals surface area contributed by atoms with Gasteiger partial charge in [0.15, 0.2) is 0 Å². The first-order chi connectivity index (χ1) is 12.6. The Bertz CT molecular complexity index is 838. The van der Waals surface area contributed by atoms with Crippen LogP contribution in [0.5, 0.6) is 0 Å². The molecule has 0 fully saturated rings. The third-order valence-electron chi connectivity index (χ3n) is 4.64. The molecule has 0 saturated heterocycles. The van der Waals surface area contributed by atoms with E-state index in [-0.39, 0.29) is 24.3 Å². The second-order valence-electron chi connectivity index (χ2n) is 6.31. The van der Waals surface area contributed by atoms with Crippen LogP contribution in [0.25, 0.3) is 0 Å². The smallest absolute Gasteiger partial charge is 0.255 e. The fraction of sp³-hybridized carbons (Fsp3) is 0.350. The molecular formula is C20H19FN2O2S. The number of benzene rings is 1. The molecule has 3 rings (SSSR count). The van der Waals surface area contributed by atoms with Crippen molar-refractivity contribution in [1.29, 1.82) is 0 Å². The van der Waals surface area contributed by atoms with Crippen LogP contribution in [-0.4, -0.2) is 23.9 Å². The van der Waals surface area contributed by atoms with Crippen molar-refractivity contribution in [2.45, 2.75) is 31.7 Å². The van der Waals surface area contributed by atoms with Crippen molar-refractivity contribution in [3.63, 3.8) is 0 Å². The molecule has 0 bridgehead atoms. The summed E-state index contributed by atoms with van der Waals surface area (Å²) in [5.41, 5.74) is 2.52. The lowest BCUT2D eigenvalue weighted by Gasteiger charge is -2.22. The molecular weight excluding hydrogens is 351 g/mol. The van der Waals surface area contributed by atoms with Crippen molar-refractivity contribution in [2.24, 2.45) is 5.18 Å². The lowest BCUT2D eigenvalue weighted by molar-refractivity contribution is 0.0777. The molecule has 0 saturated carbocycles. The molecule has 1 aromatic carbocycles. The SMILES string of the molecule is C#CCN(CCc1ccc(F)cc1)C(=O)c1csc2c1CCCC2N=O. The highest BCUT2D eigenvalue weighted by Gasteiger charge is 2.29. The van der Waals surface area contributed by atoms with E-state index in [4.69, 9.17) is 6.42 Å². The van der Waals surface area contributed by atoms with Crippen LogP contribution >= 0.6 is 11.3 Å². The largest absolute Gasteiger partial charge is 0.327 e. The van der Waals surface area contributed by atoms with E-state index in [2.05, 4.69) is 11.1 Å². The monoisotopic (exact) mass is 370 g/mol. The summed E-state index contributed by atoms with van der Waals surface area (Å²) in [7, 11) is 0. The second kappa shape index (κ2) is 8.24. The number of carbonyl (C=O) groups is 1. The Hall–Kier alpha value is -2.52. The van der Waals surface area contributed by atoms with Gasteiger partial charge in [-0.3, -0.25) is 4.79 Å². The number of hydrogen-bond donors (Lipinski definition) is 0. The molecule has 0 aliphatic heterocycles. The lowest BCUT2D eigenvalue weighted by atomic mass is 9.92. The van der Waals surface area contributed by atoms with Gasteiger partial charge in [-0.05, 0) is 48.9 Å². The number of thiophene rings is 1. The van der Waals surface area contributed by atoms with Gasteiger partial charge < -0.3 is 4.90 Å². The molecule has 1 aromatic heterocycles. The first kappa shape index (κ1) is 18.3. The summed E-state index contributed by atoms with van der Waals surface area (Å²) >= 11 is 1.43. The quantitative estimate of drug-likeness (QED) is 0.561. The van der Waals surface area contributed by atoms with Gasteiger partial charge in [0.1, 0.15) is 11.9 Å². The van der Waals surface area contributed by atoms with E-state index in [1.807, 2.05) is 5.38 Å². The van der Waals surface area contributed by atoms with Crippen LogP contribution in [0.1, 0.15) is 45.2 Å². The van der Waals surface area contributed by atoms with Crippen LogP contribution in [-0.2, 0) is 12.8 Å². The number of nitroso groups, excluding NO2 is 1. The summed E-state index contributed by atoms with van der Waals surface area (Å²) in [6.07, 6.45) is 8.42. The summed E-state index contributed by atoms with van der Waals surface area (Å²) < 4.78 is 13.0. The summed E-state index contributed by atoms with van der Waals surface area (Å²) in [6, 6.07) is 5.89. The molecule has 1 aliphatic rings. The molecule has 1 unspecified atom stereocenters. The van der Waals surface area contributed by atoms with Crippen molar-refractivity contribution in [1.82, 2.24) is 4.90 Å². The van der Waals surface area contributed by atoms with E-state index >= 15 is 0 Å². The van der Waals surface area contributed by atoms with Crippen LogP contribution in [0.4, 0.5) is 4.39 Å². The molecule has 134 valence electrons. The van der Waals surface area contributed by atoms with Gasteiger partial charge in [0, 0.05) is 16.8 Å². The van der Waals surface area contributed by atoms with Crippen molar-refractivity contribution in [3.8, 4) is 12.3 Å². The lowest BCUT2D eigenvalue weighted by Crippen LogP contribution is -2.33. The fourth-order valence-electron chi connectivity index (χ4n) is 3.27. The third-order valence-corrected chi connectivity index (χ3v) is 5.77. The minimum absolute atomic E-state index is 0.117. The number of fused-ring (bicyclic) bond motifs is 1. The maximum atomic E-state index is 13.0. The Kier molecular flexibility index (Phi) is 5.79. The number of rotatable bonds is 6. The predicted molar refractivity (Wildman–Crippen MR) is 101 cm³/mol. The Morgan fingerprint density at radius 3 is 2.85 bits per heavy atom. The van der Waals surface area contributed by atoms with Gasteiger partial charge in [0.05, 0.1) is 12.1 Å². The average Bonchev–Trinajstić information content (AvgIpc) is 3.10. The Labute approximate surface area is 156 Å². The van der Waals surface area contributed by atoms with E-state index in [9.17, 15) is 14.1 Å². The molecule has 0 N–H and O–H groups in total. The zero-order valence-electron chi connectivity index (χ0n) is 14.3. The Balaban J connectivity index is 1.77. The number of hydrogen-bond acceptors (Lipinski definition) is 4. The van der Waals surface area contributed by atoms with Crippen LogP contribution in [0.3, 0.4) is 0 Å². The number of amides is 1. The van der Waals surface area contributed by atoms with Gasteiger partial charge in [-0.15, -0.1) is 17.8 Å². The van der Waals surface area contributed by atoms with E-state index in [0.717, 1.165) is 35.3 Å². The summed E-state index contributed by atoms with van der Waals surface area (Å²) in [4.78, 5) is 26.6. The third kappa shape index (κ3) is 3.83. The number of carbonyl (C=O) groups excluding carboxylic acids is 1. The zero-order chi connectivity index (χ0) is 18.5. The van der Waals surface area contributed by atoms with Crippen LogP contribution in [0.15, 0.2) is 34.8 Å². The number of nitrogens with zero attached hydrogens (tertiary/aromatic N) is 2. The molecule has 0 spiro atoms. The van der Waals surface area contributed by atoms with Crippen LogP contribution in [0.2, 0.25) is 0 Å². The summed E-state index contributed by atoms with van der Waals surface area (Å²) in [6.45, 7) is 0.661. The molecule has 1 amide bonds. The fourth-order valence-corrected chi connectivity index (χ4v) is 4.43. The Morgan fingerprint density at radius 2 is 2.15 bits per heavy atom. The summed E-state index contributed by atoms with van der Waals surface area (Å²) in [5.74, 6) is 2.14. The van der Waals surface area contributed by atoms with Gasteiger partial charge >= 0.3 is 0 Å². The van der Waals surface area contributed by atoms with Gasteiger partial charge in [0.2, 0.25) is 0 Å². The van der Waals surface area contributed by atoms with Gasteiger partial charge in [0.25, 0.3) is 5.91 Å². The highest BCUT2D eigenvalue weighted by Crippen LogP contribution is 2.39. The normalized spacial score (nSPS) is 15.8. The van der Waals surface area contributed by atoms with Crippen molar-refractivity contribution in [2.75, 3.05) is 13.1 Å². The van der Waals surface area contributed by atoms with E-state index < -0.39 is 0 Å². The van der Waals surface area contributed by atoms with Gasteiger partial charge in [-0.1, -0.05) is 23.2 Å².